The average molecular weight is 496 g/mol. The zero-order valence-electron chi connectivity index (χ0n) is 18.9. The van der Waals surface area contributed by atoms with E-state index in [1.165, 1.54) is 11.8 Å². The molecule has 1 N–H and O–H groups in total. The van der Waals surface area contributed by atoms with Gasteiger partial charge in [-0.3, -0.25) is 14.2 Å². The highest BCUT2D eigenvalue weighted by atomic mass is 32.2. The summed E-state index contributed by atoms with van der Waals surface area (Å²) in [6, 6.07) is 16.9. The van der Waals surface area contributed by atoms with E-state index < -0.39 is 0 Å². The molecule has 1 amide bonds. The number of hydrogen-bond acceptors (Lipinski definition) is 7. The van der Waals surface area contributed by atoms with Crippen molar-refractivity contribution in [3.8, 4) is 11.5 Å². The predicted molar refractivity (Wildman–Crippen MR) is 136 cm³/mol. The summed E-state index contributed by atoms with van der Waals surface area (Å²) in [5, 5.41) is 6.03. The molecule has 9 heteroatoms. The first-order valence-electron chi connectivity index (χ1n) is 10.7. The number of ether oxygens (including phenoxy) is 2. The largest absolute Gasteiger partial charge is 0.493 e. The second-order valence-corrected chi connectivity index (χ2v) is 9.43. The number of aromatic nitrogens is 2. The van der Waals surface area contributed by atoms with Crippen molar-refractivity contribution >= 4 is 39.9 Å². The van der Waals surface area contributed by atoms with E-state index in [1.807, 2.05) is 53.9 Å². The van der Waals surface area contributed by atoms with Crippen LogP contribution in [0.5, 0.6) is 11.5 Å². The Morgan fingerprint density at radius 3 is 2.68 bits per heavy atom. The Bertz CT molecular complexity index is 1340. The van der Waals surface area contributed by atoms with Crippen molar-refractivity contribution in [1.82, 2.24) is 14.9 Å². The molecule has 0 spiro atoms. The molecule has 2 heterocycles. The molecule has 2 aromatic carbocycles. The summed E-state index contributed by atoms with van der Waals surface area (Å²) in [6.07, 6.45) is 0.661. The molecule has 0 saturated heterocycles. The number of rotatable bonds is 10. The van der Waals surface area contributed by atoms with Crippen LogP contribution in [-0.4, -0.2) is 42.0 Å². The number of para-hydroxylation sites is 1. The van der Waals surface area contributed by atoms with Gasteiger partial charge in [0.1, 0.15) is 0 Å². The van der Waals surface area contributed by atoms with Crippen LogP contribution in [0.4, 0.5) is 0 Å². The van der Waals surface area contributed by atoms with Crippen molar-refractivity contribution < 1.29 is 14.3 Å². The van der Waals surface area contributed by atoms with Crippen molar-refractivity contribution in [3.63, 3.8) is 0 Å². The Hall–Kier alpha value is -3.30. The Kier molecular flexibility index (Phi) is 7.87. The summed E-state index contributed by atoms with van der Waals surface area (Å²) >= 11 is 2.86. The Balaban J connectivity index is 1.41. The van der Waals surface area contributed by atoms with Gasteiger partial charge in [0.05, 0.1) is 37.4 Å². The summed E-state index contributed by atoms with van der Waals surface area (Å²) in [6.45, 7) is 0.916. The number of nitrogens with one attached hydrogen (secondary N) is 1. The number of nitrogens with zero attached hydrogens (tertiary/aromatic N) is 2. The number of carbonyl (C=O) groups excluding carboxylic acids is 1. The summed E-state index contributed by atoms with van der Waals surface area (Å²) in [4.78, 5) is 31.4. The van der Waals surface area contributed by atoms with Crippen molar-refractivity contribution in [2.24, 2.45) is 0 Å². The first kappa shape index (κ1) is 23.8. The molecule has 2 aromatic heterocycles. The van der Waals surface area contributed by atoms with Gasteiger partial charge in [0.2, 0.25) is 5.91 Å². The van der Waals surface area contributed by atoms with Crippen LogP contribution in [0.2, 0.25) is 0 Å². The van der Waals surface area contributed by atoms with Crippen molar-refractivity contribution in [2.75, 3.05) is 26.5 Å². The van der Waals surface area contributed by atoms with Gasteiger partial charge in [0.15, 0.2) is 16.7 Å². The number of fused-ring (bicyclic) bond motifs is 1. The van der Waals surface area contributed by atoms with E-state index in [9.17, 15) is 9.59 Å². The predicted octanol–water partition coefficient (Wildman–Crippen LogP) is 3.97. The molecular weight excluding hydrogens is 470 g/mol. The fraction of sp³-hybridized carbons (Fsp3) is 0.240. The molecule has 4 rings (SSSR count). The van der Waals surface area contributed by atoms with E-state index >= 15 is 0 Å². The van der Waals surface area contributed by atoms with Gasteiger partial charge < -0.3 is 14.8 Å². The lowest BCUT2D eigenvalue weighted by Crippen LogP contribution is -2.28. The lowest BCUT2D eigenvalue weighted by Gasteiger charge is -2.13. The van der Waals surface area contributed by atoms with Gasteiger partial charge in [-0.05, 0) is 47.7 Å². The molecule has 176 valence electrons. The maximum Gasteiger partial charge on any atom is 0.262 e. The van der Waals surface area contributed by atoms with Crippen molar-refractivity contribution in [2.45, 2.75) is 18.1 Å². The minimum absolute atomic E-state index is 0.102. The van der Waals surface area contributed by atoms with E-state index in [1.54, 1.807) is 36.2 Å². The number of thioether (sulfide) groups is 1. The van der Waals surface area contributed by atoms with Crippen LogP contribution < -0.4 is 20.3 Å². The molecule has 0 saturated carbocycles. The lowest BCUT2D eigenvalue weighted by molar-refractivity contribution is -0.118. The van der Waals surface area contributed by atoms with Gasteiger partial charge in [-0.2, -0.15) is 0 Å². The monoisotopic (exact) mass is 495 g/mol. The van der Waals surface area contributed by atoms with E-state index in [0.717, 1.165) is 10.4 Å². The standard InChI is InChI=1S/C25H25N3O4S2/c1-31-21-10-9-17(14-22(21)32-2)11-12-26-23(29)16-34-25-27-20-8-4-3-7-19(20)24(30)28(25)15-18-6-5-13-33-18/h3-10,13-14H,11-12,15-16H2,1-2H3,(H,26,29). The highest BCUT2D eigenvalue weighted by molar-refractivity contribution is 7.99. The van der Waals surface area contributed by atoms with Gasteiger partial charge in [-0.1, -0.05) is 36.0 Å². The number of methoxy groups -OCH3 is 2. The SMILES string of the molecule is COc1ccc(CCNC(=O)CSc2nc3ccccc3c(=O)n2Cc2cccs2)cc1OC. The first-order valence-corrected chi connectivity index (χ1v) is 12.6. The Morgan fingerprint density at radius 1 is 1.09 bits per heavy atom. The summed E-state index contributed by atoms with van der Waals surface area (Å²) in [7, 11) is 3.19. The molecular formula is C25H25N3O4S2. The second kappa shape index (κ2) is 11.2. The van der Waals surface area contributed by atoms with Crippen LogP contribution in [0, 0.1) is 0 Å². The Labute approximate surface area is 205 Å². The third-order valence-corrected chi connectivity index (χ3v) is 7.07. The first-order chi connectivity index (χ1) is 16.6. The molecule has 0 aliphatic rings. The fourth-order valence-corrected chi connectivity index (χ4v) is 5.04. The quantitative estimate of drug-likeness (QED) is 0.265. The van der Waals surface area contributed by atoms with Crippen LogP contribution >= 0.6 is 23.1 Å². The van der Waals surface area contributed by atoms with Gasteiger partial charge in [0.25, 0.3) is 5.56 Å². The lowest BCUT2D eigenvalue weighted by atomic mass is 10.1. The molecule has 0 fully saturated rings. The van der Waals surface area contributed by atoms with Crippen molar-refractivity contribution in [1.29, 1.82) is 0 Å². The third-order valence-electron chi connectivity index (χ3n) is 5.24. The van der Waals surface area contributed by atoms with Crippen molar-refractivity contribution in [3.05, 3.63) is 80.8 Å². The van der Waals surface area contributed by atoms with Gasteiger partial charge in [0, 0.05) is 11.4 Å². The second-order valence-electron chi connectivity index (χ2n) is 7.46. The molecule has 4 aromatic rings. The highest BCUT2D eigenvalue weighted by Crippen LogP contribution is 2.27. The van der Waals surface area contributed by atoms with Crippen LogP contribution in [0.3, 0.4) is 0 Å². The van der Waals surface area contributed by atoms with Gasteiger partial charge in [-0.15, -0.1) is 11.3 Å². The highest BCUT2D eigenvalue weighted by Gasteiger charge is 2.14. The number of thiophene rings is 1. The molecule has 0 unspecified atom stereocenters. The molecule has 7 nitrogen and oxygen atoms in total. The summed E-state index contributed by atoms with van der Waals surface area (Å²) in [5.74, 6) is 1.38. The average Bonchev–Trinajstić information content (AvgIpc) is 3.38. The zero-order chi connectivity index (χ0) is 23.9. The topological polar surface area (TPSA) is 82.5 Å². The summed E-state index contributed by atoms with van der Waals surface area (Å²) < 4.78 is 12.2. The molecule has 34 heavy (non-hydrogen) atoms. The number of hydrogen-bond donors (Lipinski definition) is 1. The van der Waals surface area contributed by atoms with Gasteiger partial charge in [-0.25, -0.2) is 4.98 Å². The van der Waals surface area contributed by atoms with Crippen LogP contribution in [0.15, 0.2) is 69.9 Å². The molecule has 0 aliphatic heterocycles. The fourth-order valence-electron chi connectivity index (χ4n) is 3.52. The minimum atomic E-state index is -0.115. The molecule has 0 bridgehead atoms. The van der Waals surface area contributed by atoms with Crippen LogP contribution in [0.1, 0.15) is 10.4 Å². The maximum absolute atomic E-state index is 13.1. The zero-order valence-corrected chi connectivity index (χ0v) is 20.6. The Morgan fingerprint density at radius 2 is 1.91 bits per heavy atom. The minimum Gasteiger partial charge on any atom is -0.493 e. The van der Waals surface area contributed by atoms with Gasteiger partial charge >= 0.3 is 0 Å². The smallest absolute Gasteiger partial charge is 0.262 e. The van der Waals surface area contributed by atoms with E-state index in [-0.39, 0.29) is 17.2 Å². The summed E-state index contributed by atoms with van der Waals surface area (Å²) in [5.41, 5.74) is 1.56. The normalized spacial score (nSPS) is 10.9. The molecule has 0 atom stereocenters. The van der Waals surface area contributed by atoms with E-state index in [0.29, 0.717) is 47.1 Å². The van der Waals surface area contributed by atoms with Crippen LogP contribution in [-0.2, 0) is 17.8 Å². The number of benzene rings is 2. The number of carbonyl (C=O) groups is 1. The maximum atomic E-state index is 13.1. The van der Waals surface area contributed by atoms with E-state index in [2.05, 4.69) is 10.3 Å². The van der Waals surface area contributed by atoms with E-state index in [4.69, 9.17) is 9.47 Å². The number of amides is 1. The third kappa shape index (κ3) is 5.60. The molecule has 0 radical (unpaired) electrons. The van der Waals surface area contributed by atoms with Crippen LogP contribution in [0.25, 0.3) is 10.9 Å². The molecule has 0 aliphatic carbocycles.